The Bertz CT molecular complexity index is 211. The van der Waals surface area contributed by atoms with Gasteiger partial charge in [0.05, 0.1) is 0 Å². The molecule has 3 unspecified atom stereocenters. The number of hydrogen-bond donors (Lipinski definition) is 1. The first kappa shape index (κ1) is 15.9. The van der Waals surface area contributed by atoms with E-state index < -0.39 is 0 Å². The molecule has 1 rings (SSSR count). The fourth-order valence-corrected chi connectivity index (χ4v) is 2.92. The molecule has 1 aliphatic heterocycles. The number of ether oxygens (including phenoxy) is 1. The van der Waals surface area contributed by atoms with Crippen LogP contribution in [0, 0.1) is 5.92 Å². The minimum absolute atomic E-state index is 0.689. The molecule has 0 saturated carbocycles. The zero-order valence-electron chi connectivity index (χ0n) is 12.7. The highest BCUT2D eigenvalue weighted by molar-refractivity contribution is 4.88. The third kappa shape index (κ3) is 4.87. The van der Waals surface area contributed by atoms with E-state index in [-0.39, 0.29) is 0 Å². The summed E-state index contributed by atoms with van der Waals surface area (Å²) in [6.07, 6.45) is 3.58. The molecule has 1 aliphatic rings. The van der Waals surface area contributed by atoms with Gasteiger partial charge in [-0.05, 0) is 45.2 Å². The monoisotopic (exact) mass is 256 g/mol. The molecule has 1 heterocycles. The third-order valence-electron chi connectivity index (χ3n) is 4.25. The summed E-state index contributed by atoms with van der Waals surface area (Å²) in [5.41, 5.74) is 0. The predicted octanol–water partition coefficient (Wildman–Crippen LogP) is 2.51. The molecule has 0 aromatic carbocycles. The van der Waals surface area contributed by atoms with Crippen molar-refractivity contribution in [3.05, 3.63) is 0 Å². The van der Waals surface area contributed by atoms with Gasteiger partial charge in [-0.15, -0.1) is 0 Å². The van der Waals surface area contributed by atoms with Crippen molar-refractivity contribution in [1.82, 2.24) is 10.2 Å². The maximum Gasteiger partial charge on any atom is 0.0478 e. The largest absolute Gasteiger partial charge is 0.381 e. The topological polar surface area (TPSA) is 24.5 Å². The van der Waals surface area contributed by atoms with Gasteiger partial charge in [-0.1, -0.05) is 20.8 Å². The molecule has 3 atom stereocenters. The molecule has 3 nitrogen and oxygen atoms in total. The highest BCUT2D eigenvalue weighted by Crippen LogP contribution is 2.23. The molecular weight excluding hydrogens is 224 g/mol. The van der Waals surface area contributed by atoms with Gasteiger partial charge >= 0.3 is 0 Å². The number of hydrogen-bond acceptors (Lipinski definition) is 3. The van der Waals surface area contributed by atoms with Crippen LogP contribution in [0.25, 0.3) is 0 Å². The van der Waals surface area contributed by atoms with Crippen molar-refractivity contribution in [3.63, 3.8) is 0 Å². The Labute approximate surface area is 113 Å². The van der Waals surface area contributed by atoms with Crippen LogP contribution in [0.4, 0.5) is 0 Å². The second kappa shape index (κ2) is 8.89. The number of rotatable bonds is 8. The van der Waals surface area contributed by atoms with Gasteiger partial charge in [-0.3, -0.25) is 0 Å². The minimum Gasteiger partial charge on any atom is -0.381 e. The molecule has 0 spiro atoms. The van der Waals surface area contributed by atoms with E-state index >= 15 is 0 Å². The number of likely N-dealkylation sites (tertiary alicyclic amines) is 1. The van der Waals surface area contributed by atoms with E-state index in [1.165, 1.54) is 25.9 Å². The first-order valence-corrected chi connectivity index (χ1v) is 7.75. The molecule has 0 aromatic heterocycles. The minimum atomic E-state index is 0.689. The van der Waals surface area contributed by atoms with Crippen LogP contribution >= 0.6 is 0 Å². The van der Waals surface area contributed by atoms with Crippen molar-refractivity contribution in [2.45, 2.75) is 59.0 Å². The van der Waals surface area contributed by atoms with Gasteiger partial charge in [0.25, 0.3) is 0 Å². The fourth-order valence-electron chi connectivity index (χ4n) is 2.92. The van der Waals surface area contributed by atoms with Gasteiger partial charge in [0.15, 0.2) is 0 Å². The van der Waals surface area contributed by atoms with Crippen LogP contribution in [-0.2, 0) is 4.74 Å². The van der Waals surface area contributed by atoms with Crippen molar-refractivity contribution in [3.8, 4) is 0 Å². The van der Waals surface area contributed by atoms with Gasteiger partial charge in [-0.2, -0.15) is 0 Å². The summed E-state index contributed by atoms with van der Waals surface area (Å²) in [4.78, 5) is 2.63. The van der Waals surface area contributed by atoms with Gasteiger partial charge in [0.2, 0.25) is 0 Å². The quantitative estimate of drug-likeness (QED) is 0.675. The summed E-state index contributed by atoms with van der Waals surface area (Å²) in [5.74, 6) is 0.746. The van der Waals surface area contributed by atoms with Gasteiger partial charge in [0.1, 0.15) is 0 Å². The summed E-state index contributed by atoms with van der Waals surface area (Å²) in [5, 5.41) is 3.62. The van der Waals surface area contributed by atoms with E-state index in [1.54, 1.807) is 0 Å². The predicted molar refractivity (Wildman–Crippen MR) is 78.0 cm³/mol. The Morgan fingerprint density at radius 1 is 1.22 bits per heavy atom. The average molecular weight is 256 g/mol. The lowest BCUT2D eigenvalue weighted by Gasteiger charge is -2.43. The van der Waals surface area contributed by atoms with Crippen molar-refractivity contribution in [1.29, 1.82) is 0 Å². The lowest BCUT2D eigenvalue weighted by Crippen LogP contribution is -2.53. The van der Waals surface area contributed by atoms with E-state index in [4.69, 9.17) is 4.74 Å². The van der Waals surface area contributed by atoms with Crippen LogP contribution < -0.4 is 5.32 Å². The summed E-state index contributed by atoms with van der Waals surface area (Å²) in [7, 11) is 0. The third-order valence-corrected chi connectivity index (χ3v) is 4.25. The van der Waals surface area contributed by atoms with E-state index in [0.29, 0.717) is 12.1 Å². The second-order valence-electron chi connectivity index (χ2n) is 5.55. The normalized spacial score (nSPS) is 29.7. The van der Waals surface area contributed by atoms with Gasteiger partial charge in [0, 0.05) is 31.8 Å². The van der Waals surface area contributed by atoms with E-state index in [1.807, 2.05) is 0 Å². The first-order valence-electron chi connectivity index (χ1n) is 7.75. The van der Waals surface area contributed by atoms with Gasteiger partial charge in [-0.25, -0.2) is 0 Å². The van der Waals surface area contributed by atoms with Crippen LogP contribution in [0.1, 0.15) is 47.0 Å². The molecule has 0 aliphatic carbocycles. The lowest BCUT2D eigenvalue weighted by atomic mass is 9.87. The summed E-state index contributed by atoms with van der Waals surface area (Å²) >= 11 is 0. The Morgan fingerprint density at radius 3 is 2.67 bits per heavy atom. The molecule has 0 bridgehead atoms. The van der Waals surface area contributed by atoms with E-state index in [2.05, 4.69) is 37.9 Å². The SMILES string of the molecule is CCCOCCCN1CCC(NCC)C(C)C1C. The molecular formula is C15H32N2O. The van der Waals surface area contributed by atoms with Crippen LogP contribution in [-0.4, -0.2) is 49.8 Å². The first-order chi connectivity index (χ1) is 8.70. The molecule has 1 saturated heterocycles. The van der Waals surface area contributed by atoms with Crippen LogP contribution in [0.3, 0.4) is 0 Å². The van der Waals surface area contributed by atoms with Crippen LogP contribution in [0.5, 0.6) is 0 Å². The van der Waals surface area contributed by atoms with E-state index in [0.717, 1.165) is 32.1 Å². The maximum absolute atomic E-state index is 5.56. The zero-order chi connectivity index (χ0) is 13.4. The highest BCUT2D eigenvalue weighted by Gasteiger charge is 2.31. The Kier molecular flexibility index (Phi) is 7.87. The van der Waals surface area contributed by atoms with Crippen molar-refractivity contribution < 1.29 is 4.74 Å². The number of nitrogens with one attached hydrogen (secondary N) is 1. The molecule has 0 radical (unpaired) electrons. The van der Waals surface area contributed by atoms with Gasteiger partial charge < -0.3 is 15.0 Å². The molecule has 108 valence electrons. The number of nitrogens with zero attached hydrogens (tertiary/aromatic N) is 1. The molecule has 1 fully saturated rings. The zero-order valence-corrected chi connectivity index (χ0v) is 12.7. The number of piperidine rings is 1. The Balaban J connectivity index is 2.23. The average Bonchev–Trinajstić information content (AvgIpc) is 2.37. The Morgan fingerprint density at radius 2 is 2.00 bits per heavy atom. The smallest absolute Gasteiger partial charge is 0.0478 e. The summed E-state index contributed by atoms with van der Waals surface area (Å²) in [6, 6.07) is 1.39. The van der Waals surface area contributed by atoms with Crippen molar-refractivity contribution in [2.75, 3.05) is 32.8 Å². The maximum atomic E-state index is 5.56. The summed E-state index contributed by atoms with van der Waals surface area (Å²) in [6.45, 7) is 14.5. The molecule has 0 amide bonds. The molecule has 3 heteroatoms. The standard InChI is InChI=1S/C15H32N2O/c1-5-11-18-12-7-9-17-10-8-15(16-6-2)13(3)14(17)4/h13-16H,5-12H2,1-4H3. The van der Waals surface area contributed by atoms with Crippen molar-refractivity contribution in [2.24, 2.45) is 5.92 Å². The molecule has 0 aromatic rings. The second-order valence-corrected chi connectivity index (χ2v) is 5.55. The summed E-state index contributed by atoms with van der Waals surface area (Å²) < 4.78 is 5.56. The molecule has 18 heavy (non-hydrogen) atoms. The van der Waals surface area contributed by atoms with Crippen LogP contribution in [0.2, 0.25) is 0 Å². The molecule has 1 N–H and O–H groups in total. The van der Waals surface area contributed by atoms with Crippen molar-refractivity contribution >= 4 is 0 Å². The fraction of sp³-hybridized carbons (Fsp3) is 1.00. The Hall–Kier alpha value is -0.120. The van der Waals surface area contributed by atoms with Crippen LogP contribution in [0.15, 0.2) is 0 Å². The lowest BCUT2D eigenvalue weighted by molar-refractivity contribution is 0.0676. The highest BCUT2D eigenvalue weighted by atomic mass is 16.5. The van der Waals surface area contributed by atoms with E-state index in [9.17, 15) is 0 Å².